The fourth-order valence-electron chi connectivity index (χ4n) is 0. The molecule has 0 spiro atoms. The number of phosphoric ester groups is 1. The van der Waals surface area contributed by atoms with Crippen molar-refractivity contribution in [2.24, 2.45) is 0 Å². The molecule has 0 amide bonds. The van der Waals surface area contributed by atoms with Crippen molar-refractivity contribution in [1.29, 1.82) is 0 Å². The fourth-order valence-corrected chi connectivity index (χ4v) is 0. The van der Waals surface area contributed by atoms with Crippen LogP contribution >= 0.6 is 7.82 Å². The molecule has 7 heteroatoms. The summed E-state index contributed by atoms with van der Waals surface area (Å²) in [5, 5.41) is 0. The van der Waals surface area contributed by atoms with Gasteiger partial charge in [0.15, 0.2) is 0 Å². The van der Waals surface area contributed by atoms with Crippen LogP contribution < -0.4 is 68.9 Å². The van der Waals surface area contributed by atoms with Crippen LogP contribution in [0.2, 0.25) is 0 Å². The molecule has 0 heterocycles. The van der Waals surface area contributed by atoms with Crippen molar-refractivity contribution in [3.8, 4) is 0 Å². The van der Waals surface area contributed by atoms with Crippen molar-refractivity contribution in [3.63, 3.8) is 0 Å². The van der Waals surface area contributed by atoms with Gasteiger partial charge in [0.1, 0.15) is 0 Å². The number of hydrogen-bond acceptors (Lipinski definition) is 4. The van der Waals surface area contributed by atoms with Crippen molar-refractivity contribution in [3.05, 3.63) is 0 Å². The SMILES string of the molecule is C[18O]P(=O)([O-])[O-].[Na+].[Na+]. The van der Waals surface area contributed by atoms with Gasteiger partial charge >= 0.3 is 59.1 Å². The normalized spacial score (nSPS) is 8.88. The van der Waals surface area contributed by atoms with Crippen LogP contribution in [0.4, 0.5) is 0 Å². The Bertz CT molecular complexity index is 78.1. The predicted molar refractivity (Wildman–Crippen MR) is 14.6 cm³/mol. The molecule has 0 aromatic heterocycles. The van der Waals surface area contributed by atoms with Gasteiger partial charge in [-0.3, -0.25) is 0 Å². The first-order valence-corrected chi connectivity index (χ1v) is 2.60. The van der Waals surface area contributed by atoms with E-state index in [0.29, 0.717) is 0 Å². The molecule has 0 aromatic carbocycles. The molecule has 0 unspecified atom stereocenters. The van der Waals surface area contributed by atoms with Crippen LogP contribution in [0.25, 0.3) is 0 Å². The molecule has 0 bridgehead atoms. The average Bonchev–Trinajstić information content (AvgIpc) is 1.35. The summed E-state index contributed by atoms with van der Waals surface area (Å²) in [6, 6.07) is 0. The minimum Gasteiger partial charge on any atom is -0.790 e. The molecular weight excluding hydrogens is 155 g/mol. The van der Waals surface area contributed by atoms with E-state index in [1.807, 2.05) is 0 Å². The van der Waals surface area contributed by atoms with Crippen molar-refractivity contribution >= 4 is 7.82 Å². The zero-order chi connectivity index (χ0) is 5.21. The summed E-state index contributed by atoms with van der Waals surface area (Å²) < 4.78 is 12.6. The summed E-state index contributed by atoms with van der Waals surface area (Å²) in [6.45, 7) is 0. The standard InChI is InChI=1S/CH5O4P.2Na/c1-5-6(2,3)4;;/h1H3,(H2,2,3,4);;/q;2*+1/p-2/i5+2;;. The summed E-state index contributed by atoms with van der Waals surface area (Å²) in [5.74, 6) is 0. The minimum absolute atomic E-state index is 0. The first-order chi connectivity index (χ1) is 2.56. The van der Waals surface area contributed by atoms with Crippen molar-refractivity contribution in [1.82, 2.24) is 0 Å². The third-order valence-electron chi connectivity index (χ3n) is 0.224. The summed E-state index contributed by atoms with van der Waals surface area (Å²) in [5.41, 5.74) is 0. The summed E-state index contributed by atoms with van der Waals surface area (Å²) in [7, 11) is -3.83. The first kappa shape index (κ1) is 16.6. The van der Waals surface area contributed by atoms with Crippen LogP contribution in [0, 0.1) is 0 Å². The van der Waals surface area contributed by atoms with Crippen LogP contribution in [0.5, 0.6) is 0 Å². The molecule has 38 valence electrons. The van der Waals surface area contributed by atoms with Crippen LogP contribution in [0.1, 0.15) is 0 Å². The summed E-state index contributed by atoms with van der Waals surface area (Å²) in [6.07, 6.45) is 0. The van der Waals surface area contributed by atoms with E-state index in [2.05, 4.69) is 4.52 Å². The van der Waals surface area contributed by atoms with Gasteiger partial charge in [0.05, 0.1) is 7.82 Å². The Kier molecular flexibility index (Phi) is 15.0. The molecule has 0 fully saturated rings. The molecule has 0 rings (SSSR count). The van der Waals surface area contributed by atoms with E-state index >= 15 is 0 Å². The third kappa shape index (κ3) is 15.7. The molecule has 4 nitrogen and oxygen atoms in total. The molecular formula is CH3Na2O4P. The van der Waals surface area contributed by atoms with Gasteiger partial charge in [0.2, 0.25) is 0 Å². The van der Waals surface area contributed by atoms with Crippen LogP contribution in [-0.4, -0.2) is 7.11 Å². The number of phosphoric acid groups is 1. The number of hydrogen-bond donors (Lipinski definition) is 0. The molecule has 0 radical (unpaired) electrons. The second-order valence-electron chi connectivity index (χ2n) is 0.630. The zero-order valence-corrected chi connectivity index (χ0v) is 9.97. The predicted octanol–water partition coefficient (Wildman–Crippen LogP) is -7.53. The average molecular weight is 158 g/mol. The topological polar surface area (TPSA) is 72.4 Å². The van der Waals surface area contributed by atoms with Gasteiger partial charge in [0.25, 0.3) is 0 Å². The van der Waals surface area contributed by atoms with Crippen LogP contribution in [0.15, 0.2) is 0 Å². The van der Waals surface area contributed by atoms with E-state index in [0.717, 1.165) is 7.11 Å². The molecule has 0 N–H and O–H groups in total. The maximum atomic E-state index is 9.25. The van der Waals surface area contributed by atoms with E-state index < -0.39 is 7.82 Å². The van der Waals surface area contributed by atoms with Crippen LogP contribution in [0.3, 0.4) is 0 Å². The van der Waals surface area contributed by atoms with Gasteiger partial charge in [-0.2, -0.15) is 0 Å². The zero-order valence-electron chi connectivity index (χ0n) is 5.08. The Hall–Kier alpha value is 2.11. The molecule has 0 saturated heterocycles. The van der Waals surface area contributed by atoms with Crippen molar-refractivity contribution in [2.75, 3.05) is 7.11 Å². The summed E-state index contributed by atoms with van der Waals surface area (Å²) in [4.78, 5) is 18.5. The molecule has 0 aliphatic carbocycles. The van der Waals surface area contributed by atoms with Gasteiger partial charge in [-0.25, -0.2) is 0 Å². The Labute approximate surface area is 91.8 Å². The Morgan fingerprint density at radius 3 is 1.50 bits per heavy atom. The fraction of sp³-hybridized carbons (Fsp3) is 1.00. The minimum atomic E-state index is -4.65. The molecule has 0 atom stereocenters. The largest absolute Gasteiger partial charge is 1.00 e. The maximum absolute atomic E-state index is 9.25. The van der Waals surface area contributed by atoms with Gasteiger partial charge in [-0.05, 0) is 0 Å². The van der Waals surface area contributed by atoms with E-state index in [1.165, 1.54) is 0 Å². The van der Waals surface area contributed by atoms with Crippen LogP contribution in [-0.2, 0) is 9.09 Å². The quantitative estimate of drug-likeness (QED) is 0.216. The first-order valence-electron chi connectivity index (χ1n) is 1.14. The number of rotatable bonds is 1. The molecule has 0 aliphatic heterocycles. The van der Waals surface area contributed by atoms with Gasteiger partial charge < -0.3 is 18.9 Å². The Morgan fingerprint density at radius 1 is 1.38 bits per heavy atom. The van der Waals surface area contributed by atoms with Gasteiger partial charge in [-0.1, -0.05) is 0 Å². The molecule has 0 aromatic rings. The Balaban J connectivity index is -0.000000125. The summed E-state index contributed by atoms with van der Waals surface area (Å²) >= 11 is 0. The second kappa shape index (κ2) is 7.22. The Morgan fingerprint density at radius 2 is 1.50 bits per heavy atom. The second-order valence-corrected chi connectivity index (χ2v) is 1.89. The van der Waals surface area contributed by atoms with E-state index in [9.17, 15) is 14.4 Å². The monoisotopic (exact) mass is 158 g/mol. The van der Waals surface area contributed by atoms with E-state index in [-0.39, 0.29) is 59.1 Å². The molecule has 0 aliphatic rings. The van der Waals surface area contributed by atoms with E-state index in [1.54, 1.807) is 0 Å². The van der Waals surface area contributed by atoms with Gasteiger partial charge in [0, 0.05) is 7.11 Å². The molecule has 0 saturated carbocycles. The van der Waals surface area contributed by atoms with Gasteiger partial charge in [-0.15, -0.1) is 0 Å². The van der Waals surface area contributed by atoms with Crippen molar-refractivity contribution < 1.29 is 78.0 Å². The van der Waals surface area contributed by atoms with Crippen molar-refractivity contribution in [2.45, 2.75) is 0 Å². The van der Waals surface area contributed by atoms with E-state index in [4.69, 9.17) is 0 Å². The maximum Gasteiger partial charge on any atom is 1.00 e. The third-order valence-corrected chi connectivity index (χ3v) is 0.671. The molecule has 8 heavy (non-hydrogen) atoms. The smallest absolute Gasteiger partial charge is 0.790 e.